The van der Waals surface area contributed by atoms with Crippen molar-refractivity contribution >= 4 is 81.1 Å². The highest BCUT2D eigenvalue weighted by Crippen LogP contribution is 2.51. The fourth-order valence-corrected chi connectivity index (χ4v) is 10.7. The normalized spacial score (nSPS) is 11.6. The van der Waals surface area contributed by atoms with Crippen molar-refractivity contribution in [2.45, 2.75) is 0 Å². The summed E-state index contributed by atoms with van der Waals surface area (Å²) in [4.78, 5) is 2.54. The molecule has 0 radical (unpaired) electrons. The molecule has 61 heavy (non-hydrogen) atoms. The fraction of sp³-hybridized carbons (Fsp3) is 0. The molecule has 0 unspecified atom stereocenters. The molecule has 12 aromatic rings. The average Bonchev–Trinajstić information content (AvgIpc) is 3.89. The quantitative estimate of drug-likeness (QED) is 0.156. The number of hydrogen-bond donors (Lipinski definition) is 0. The predicted octanol–water partition coefficient (Wildman–Crippen LogP) is 16.8. The van der Waals surface area contributed by atoms with Crippen LogP contribution in [0.15, 0.2) is 231 Å². The van der Waals surface area contributed by atoms with Crippen molar-refractivity contribution < 1.29 is 0 Å². The highest BCUT2D eigenvalue weighted by atomic mass is 32.1. The van der Waals surface area contributed by atoms with Crippen LogP contribution in [0.5, 0.6) is 0 Å². The highest BCUT2D eigenvalue weighted by molar-refractivity contribution is 7.26. The molecule has 2 aromatic heterocycles. The van der Waals surface area contributed by atoms with E-state index in [-0.39, 0.29) is 0 Å². The first-order valence-corrected chi connectivity index (χ1v) is 21.7. The molecule has 0 N–H and O–H groups in total. The minimum atomic E-state index is 1.11. The van der Waals surface area contributed by atoms with E-state index in [0.29, 0.717) is 0 Å². The van der Waals surface area contributed by atoms with Gasteiger partial charge in [-0.25, -0.2) is 0 Å². The van der Waals surface area contributed by atoms with Crippen LogP contribution in [0.25, 0.3) is 91.8 Å². The maximum absolute atomic E-state index is 2.54. The van der Waals surface area contributed by atoms with Crippen LogP contribution >= 0.6 is 11.3 Å². The summed E-state index contributed by atoms with van der Waals surface area (Å²) < 4.78 is 5.03. The molecule has 0 amide bonds. The number of anilines is 3. The second-order valence-electron chi connectivity index (χ2n) is 15.6. The molecule has 3 heteroatoms. The van der Waals surface area contributed by atoms with E-state index in [1.165, 1.54) is 69.5 Å². The predicted molar refractivity (Wildman–Crippen MR) is 262 cm³/mol. The molecule has 10 aromatic carbocycles. The van der Waals surface area contributed by atoms with Gasteiger partial charge in [-0.3, -0.25) is 0 Å². The zero-order chi connectivity index (χ0) is 40.3. The number of thiophene rings is 1. The third-order valence-corrected chi connectivity index (χ3v) is 13.4. The van der Waals surface area contributed by atoms with Crippen LogP contribution in [0.3, 0.4) is 0 Å². The first-order chi connectivity index (χ1) is 30.3. The summed E-state index contributed by atoms with van der Waals surface area (Å²) in [6.07, 6.45) is 0. The van der Waals surface area contributed by atoms with Crippen molar-refractivity contribution in [1.82, 2.24) is 4.57 Å². The van der Waals surface area contributed by atoms with E-state index in [1.807, 2.05) is 11.3 Å². The van der Waals surface area contributed by atoms with Crippen molar-refractivity contribution in [2.24, 2.45) is 0 Å². The Labute approximate surface area is 358 Å². The summed E-state index contributed by atoms with van der Waals surface area (Å²) in [7, 11) is 0. The zero-order valence-electron chi connectivity index (χ0n) is 33.2. The number of aromatic nitrogens is 1. The monoisotopic (exact) mass is 794 g/mol. The minimum absolute atomic E-state index is 1.11. The number of hydrogen-bond acceptors (Lipinski definition) is 2. The molecule has 0 saturated carbocycles. The van der Waals surface area contributed by atoms with E-state index in [9.17, 15) is 0 Å². The van der Waals surface area contributed by atoms with Gasteiger partial charge in [-0.2, -0.15) is 0 Å². The van der Waals surface area contributed by atoms with E-state index in [4.69, 9.17) is 0 Å². The van der Waals surface area contributed by atoms with Crippen molar-refractivity contribution in [2.75, 3.05) is 4.90 Å². The Hall–Kier alpha value is -7.72. The van der Waals surface area contributed by atoms with Crippen LogP contribution in [0, 0.1) is 0 Å². The third-order valence-electron chi connectivity index (χ3n) is 12.2. The molecule has 0 spiro atoms. The molecule has 0 aliphatic rings. The molecule has 0 aliphatic heterocycles. The molecule has 0 aliphatic carbocycles. The molecular weight excluding hydrogens is 757 g/mol. The Kier molecular flexibility index (Phi) is 8.39. The van der Waals surface area contributed by atoms with E-state index in [0.717, 1.165) is 39.4 Å². The van der Waals surface area contributed by atoms with E-state index in [2.05, 4.69) is 240 Å². The van der Waals surface area contributed by atoms with Gasteiger partial charge in [0, 0.05) is 47.8 Å². The lowest BCUT2D eigenvalue weighted by molar-refractivity contribution is 1.18. The van der Waals surface area contributed by atoms with Crippen LogP contribution < -0.4 is 4.90 Å². The molecule has 2 nitrogen and oxygen atoms in total. The molecule has 0 fully saturated rings. The van der Waals surface area contributed by atoms with Crippen LogP contribution in [-0.2, 0) is 0 Å². The fourth-order valence-electron chi connectivity index (χ4n) is 9.51. The van der Waals surface area contributed by atoms with Crippen molar-refractivity contribution in [3.05, 3.63) is 231 Å². The van der Waals surface area contributed by atoms with E-state index < -0.39 is 0 Å². The molecule has 0 atom stereocenters. The third kappa shape index (κ3) is 5.78. The zero-order valence-corrected chi connectivity index (χ0v) is 34.1. The number of nitrogens with zero attached hydrogens (tertiary/aromatic N) is 2. The van der Waals surface area contributed by atoms with Crippen molar-refractivity contribution in [1.29, 1.82) is 0 Å². The van der Waals surface area contributed by atoms with Gasteiger partial charge in [0.25, 0.3) is 0 Å². The van der Waals surface area contributed by atoms with E-state index >= 15 is 0 Å². The van der Waals surface area contributed by atoms with Crippen LogP contribution in [0.4, 0.5) is 17.1 Å². The van der Waals surface area contributed by atoms with Gasteiger partial charge < -0.3 is 9.47 Å². The second-order valence-corrected chi connectivity index (χ2v) is 16.7. The Bertz CT molecular complexity index is 3590. The van der Waals surface area contributed by atoms with Gasteiger partial charge in [-0.05, 0) is 87.6 Å². The number of para-hydroxylation sites is 3. The van der Waals surface area contributed by atoms with Crippen molar-refractivity contribution in [3.8, 4) is 39.1 Å². The van der Waals surface area contributed by atoms with Gasteiger partial charge in [-0.15, -0.1) is 11.3 Å². The van der Waals surface area contributed by atoms with Gasteiger partial charge in [0.2, 0.25) is 0 Å². The molecule has 12 rings (SSSR count). The molecule has 0 bridgehead atoms. The molecular formula is C58H38N2S. The first kappa shape index (κ1) is 35.2. The van der Waals surface area contributed by atoms with Gasteiger partial charge in [-0.1, -0.05) is 176 Å². The standard InChI is InChI=1S/C58H38N2S/c1-3-18-40(19-4-1)50-38-41(44-28-16-30-48-47-26-11-14-35-56(47)61-58(44)48)36-37-53(50)60(51-31-12-9-25-46(51)45-29-15-21-39-20-7-8-24-43(39)45)55-34-17-33-54-57(55)49-27-10-13-32-52(49)59(54)42-22-5-2-6-23-42/h1-38H. The maximum atomic E-state index is 2.54. The summed E-state index contributed by atoms with van der Waals surface area (Å²) in [6.45, 7) is 0. The summed E-state index contributed by atoms with van der Waals surface area (Å²) in [5, 5.41) is 7.47. The van der Waals surface area contributed by atoms with Crippen LogP contribution in [0.2, 0.25) is 0 Å². The highest BCUT2D eigenvalue weighted by Gasteiger charge is 2.26. The van der Waals surface area contributed by atoms with Gasteiger partial charge in [0.15, 0.2) is 0 Å². The smallest absolute Gasteiger partial charge is 0.0562 e. The summed E-state index contributed by atoms with van der Waals surface area (Å²) in [5.74, 6) is 0. The topological polar surface area (TPSA) is 8.17 Å². The molecule has 286 valence electrons. The first-order valence-electron chi connectivity index (χ1n) is 20.9. The van der Waals surface area contributed by atoms with Crippen LogP contribution in [0.1, 0.15) is 0 Å². The Balaban J connectivity index is 1.19. The minimum Gasteiger partial charge on any atom is -0.309 e. The van der Waals surface area contributed by atoms with Gasteiger partial charge in [0.1, 0.15) is 0 Å². The number of rotatable bonds is 7. The van der Waals surface area contributed by atoms with Gasteiger partial charge in [0.05, 0.1) is 28.1 Å². The Morgan fingerprint density at radius 2 is 0.934 bits per heavy atom. The Morgan fingerprint density at radius 3 is 1.82 bits per heavy atom. The molecule has 0 saturated heterocycles. The van der Waals surface area contributed by atoms with E-state index in [1.54, 1.807) is 0 Å². The largest absolute Gasteiger partial charge is 0.309 e. The lowest BCUT2D eigenvalue weighted by Crippen LogP contribution is -2.13. The Morgan fingerprint density at radius 1 is 0.344 bits per heavy atom. The lowest BCUT2D eigenvalue weighted by atomic mass is 9.93. The van der Waals surface area contributed by atoms with Gasteiger partial charge >= 0.3 is 0 Å². The molecule has 2 heterocycles. The number of benzene rings is 10. The second kappa shape index (κ2) is 14.5. The summed E-state index contributed by atoms with van der Waals surface area (Å²) in [6, 6.07) is 84.3. The average molecular weight is 795 g/mol. The summed E-state index contributed by atoms with van der Waals surface area (Å²) >= 11 is 1.88. The van der Waals surface area contributed by atoms with Crippen LogP contribution in [-0.4, -0.2) is 4.57 Å². The number of fused-ring (bicyclic) bond motifs is 7. The maximum Gasteiger partial charge on any atom is 0.0562 e. The lowest BCUT2D eigenvalue weighted by Gasteiger charge is -2.31. The SMILES string of the molecule is c1ccc(-c2cc(-c3cccc4c3sc3ccccc34)ccc2N(c2ccccc2-c2cccc3ccccc23)c2cccc3c2c2ccccc2n3-c2ccccc2)cc1. The summed E-state index contributed by atoms with van der Waals surface area (Å²) in [5.41, 5.74) is 13.9. The van der Waals surface area contributed by atoms with Crippen molar-refractivity contribution in [3.63, 3.8) is 0 Å².